The summed E-state index contributed by atoms with van der Waals surface area (Å²) < 4.78 is 13.2. The first-order valence-corrected chi connectivity index (χ1v) is 4.53. The van der Waals surface area contributed by atoms with Crippen LogP contribution in [0.25, 0.3) is 0 Å². The highest BCUT2D eigenvalue weighted by Gasteiger charge is 2.14. The van der Waals surface area contributed by atoms with Gasteiger partial charge in [-0.3, -0.25) is 0 Å². The van der Waals surface area contributed by atoms with Crippen LogP contribution in [0.1, 0.15) is 29.7 Å². The summed E-state index contributed by atoms with van der Waals surface area (Å²) in [4.78, 5) is 0. The maximum Gasteiger partial charge on any atom is 0.142 e. The minimum Gasteiger partial charge on any atom is -0.324 e. The Morgan fingerprint density at radius 1 is 1.46 bits per heavy atom. The van der Waals surface area contributed by atoms with Gasteiger partial charge in [0.25, 0.3) is 0 Å². The van der Waals surface area contributed by atoms with Gasteiger partial charge in [-0.1, -0.05) is 11.6 Å². The SMILES string of the molecule is Cc1cc(F)c(Cl)c(C(C)N)c1C. The van der Waals surface area contributed by atoms with Crippen molar-refractivity contribution >= 4 is 11.6 Å². The maximum atomic E-state index is 13.2. The molecule has 0 aliphatic heterocycles. The second-order valence-electron chi connectivity index (χ2n) is 3.32. The first kappa shape index (κ1) is 10.5. The molecule has 1 aromatic carbocycles. The van der Waals surface area contributed by atoms with Crippen molar-refractivity contribution in [3.63, 3.8) is 0 Å². The van der Waals surface area contributed by atoms with Crippen LogP contribution in [-0.4, -0.2) is 0 Å². The van der Waals surface area contributed by atoms with Crippen LogP contribution in [0, 0.1) is 19.7 Å². The van der Waals surface area contributed by atoms with Crippen LogP contribution in [0.3, 0.4) is 0 Å². The second kappa shape index (κ2) is 3.64. The fourth-order valence-electron chi connectivity index (χ4n) is 1.41. The Bertz CT molecular complexity index is 308. The Morgan fingerprint density at radius 2 is 2.00 bits per heavy atom. The van der Waals surface area contributed by atoms with Gasteiger partial charge in [0.15, 0.2) is 0 Å². The largest absolute Gasteiger partial charge is 0.324 e. The Kier molecular flexibility index (Phi) is 2.94. The predicted molar refractivity (Wildman–Crippen MR) is 53.5 cm³/mol. The van der Waals surface area contributed by atoms with E-state index in [9.17, 15) is 4.39 Å². The molecule has 72 valence electrons. The lowest BCUT2D eigenvalue weighted by Crippen LogP contribution is -2.09. The fraction of sp³-hybridized carbons (Fsp3) is 0.400. The predicted octanol–water partition coefficient (Wildman–Crippen LogP) is 3.12. The number of nitrogens with two attached hydrogens (primary N) is 1. The molecule has 1 nitrogen and oxygen atoms in total. The first-order valence-electron chi connectivity index (χ1n) is 4.15. The molecular weight excluding hydrogens is 189 g/mol. The van der Waals surface area contributed by atoms with Gasteiger partial charge in [-0.05, 0) is 43.5 Å². The molecule has 1 unspecified atom stereocenters. The van der Waals surface area contributed by atoms with Crippen molar-refractivity contribution in [2.24, 2.45) is 5.73 Å². The molecule has 0 fully saturated rings. The molecule has 1 atom stereocenters. The molecule has 0 aromatic heterocycles. The maximum absolute atomic E-state index is 13.2. The monoisotopic (exact) mass is 201 g/mol. The molecule has 0 saturated carbocycles. The van der Waals surface area contributed by atoms with E-state index in [2.05, 4.69) is 0 Å². The quantitative estimate of drug-likeness (QED) is 0.743. The molecular formula is C10H13ClFN. The Morgan fingerprint density at radius 3 is 2.46 bits per heavy atom. The molecule has 2 N–H and O–H groups in total. The van der Waals surface area contributed by atoms with Gasteiger partial charge in [0.05, 0.1) is 5.02 Å². The van der Waals surface area contributed by atoms with Crippen LogP contribution < -0.4 is 5.73 Å². The van der Waals surface area contributed by atoms with Crippen LogP contribution in [0.2, 0.25) is 5.02 Å². The lowest BCUT2D eigenvalue weighted by Gasteiger charge is -2.14. The molecule has 0 amide bonds. The molecule has 0 radical (unpaired) electrons. The van der Waals surface area contributed by atoms with Crippen LogP contribution in [-0.2, 0) is 0 Å². The van der Waals surface area contributed by atoms with E-state index >= 15 is 0 Å². The molecule has 0 spiro atoms. The number of halogens is 2. The number of aryl methyl sites for hydroxylation is 1. The summed E-state index contributed by atoms with van der Waals surface area (Å²) in [6.45, 7) is 5.55. The second-order valence-corrected chi connectivity index (χ2v) is 3.69. The van der Waals surface area contributed by atoms with Crippen LogP contribution in [0.15, 0.2) is 6.07 Å². The molecule has 0 saturated heterocycles. The molecule has 0 heterocycles. The van der Waals surface area contributed by atoms with E-state index in [0.717, 1.165) is 11.1 Å². The number of rotatable bonds is 1. The molecule has 0 bridgehead atoms. The Labute approximate surface area is 82.7 Å². The third-order valence-corrected chi connectivity index (χ3v) is 2.62. The lowest BCUT2D eigenvalue weighted by molar-refractivity contribution is 0.620. The summed E-state index contributed by atoms with van der Waals surface area (Å²) >= 11 is 5.81. The van der Waals surface area contributed by atoms with E-state index in [0.29, 0.717) is 5.56 Å². The zero-order valence-electron chi connectivity index (χ0n) is 7.99. The van der Waals surface area contributed by atoms with Crippen molar-refractivity contribution in [1.82, 2.24) is 0 Å². The van der Waals surface area contributed by atoms with Crippen molar-refractivity contribution in [2.75, 3.05) is 0 Å². The van der Waals surface area contributed by atoms with Gasteiger partial charge >= 0.3 is 0 Å². The van der Waals surface area contributed by atoms with Crippen molar-refractivity contribution < 1.29 is 4.39 Å². The number of hydrogen-bond donors (Lipinski definition) is 1. The van der Waals surface area contributed by atoms with Crippen LogP contribution in [0.4, 0.5) is 4.39 Å². The molecule has 13 heavy (non-hydrogen) atoms. The highest BCUT2D eigenvalue weighted by Crippen LogP contribution is 2.29. The van der Waals surface area contributed by atoms with E-state index in [1.807, 2.05) is 13.8 Å². The van der Waals surface area contributed by atoms with Crippen molar-refractivity contribution in [3.8, 4) is 0 Å². The minimum absolute atomic E-state index is 0.151. The average molecular weight is 202 g/mol. The molecule has 1 rings (SSSR count). The lowest BCUT2D eigenvalue weighted by atomic mass is 9.98. The van der Waals surface area contributed by atoms with E-state index in [-0.39, 0.29) is 11.1 Å². The number of benzene rings is 1. The Balaban J connectivity index is 3.46. The van der Waals surface area contributed by atoms with Crippen molar-refractivity contribution in [2.45, 2.75) is 26.8 Å². The summed E-state index contributed by atoms with van der Waals surface area (Å²) in [7, 11) is 0. The van der Waals surface area contributed by atoms with Gasteiger partial charge in [0.2, 0.25) is 0 Å². The average Bonchev–Trinajstić information content (AvgIpc) is 2.01. The van der Waals surface area contributed by atoms with Gasteiger partial charge < -0.3 is 5.73 Å². The third kappa shape index (κ3) is 1.84. The minimum atomic E-state index is -0.392. The van der Waals surface area contributed by atoms with Crippen molar-refractivity contribution in [1.29, 1.82) is 0 Å². The summed E-state index contributed by atoms with van der Waals surface area (Å²) in [6, 6.07) is 1.20. The highest BCUT2D eigenvalue weighted by molar-refractivity contribution is 6.31. The zero-order valence-corrected chi connectivity index (χ0v) is 8.74. The fourth-order valence-corrected chi connectivity index (χ4v) is 1.78. The van der Waals surface area contributed by atoms with E-state index in [4.69, 9.17) is 17.3 Å². The van der Waals surface area contributed by atoms with Crippen LogP contribution in [0.5, 0.6) is 0 Å². The zero-order chi connectivity index (χ0) is 10.2. The van der Waals surface area contributed by atoms with Gasteiger partial charge in [0.1, 0.15) is 5.82 Å². The van der Waals surface area contributed by atoms with Gasteiger partial charge in [-0.25, -0.2) is 4.39 Å². The summed E-state index contributed by atoms with van der Waals surface area (Å²) in [5.74, 6) is -0.392. The summed E-state index contributed by atoms with van der Waals surface area (Å²) in [6.07, 6.45) is 0. The molecule has 0 aliphatic rings. The first-order chi connectivity index (χ1) is 5.95. The topological polar surface area (TPSA) is 26.0 Å². The number of hydrogen-bond acceptors (Lipinski definition) is 1. The van der Waals surface area contributed by atoms with E-state index in [1.165, 1.54) is 6.07 Å². The van der Waals surface area contributed by atoms with E-state index < -0.39 is 5.82 Å². The summed E-state index contributed by atoms with van der Waals surface area (Å²) in [5.41, 5.74) is 8.27. The Hall–Kier alpha value is -0.600. The highest BCUT2D eigenvalue weighted by atomic mass is 35.5. The van der Waals surface area contributed by atoms with Crippen LogP contribution >= 0.6 is 11.6 Å². The van der Waals surface area contributed by atoms with Gasteiger partial charge in [-0.15, -0.1) is 0 Å². The summed E-state index contributed by atoms with van der Waals surface area (Å²) in [5, 5.41) is 0.151. The molecule has 0 aliphatic carbocycles. The smallest absolute Gasteiger partial charge is 0.142 e. The molecule has 1 aromatic rings. The van der Waals surface area contributed by atoms with E-state index in [1.54, 1.807) is 6.92 Å². The van der Waals surface area contributed by atoms with Gasteiger partial charge in [-0.2, -0.15) is 0 Å². The van der Waals surface area contributed by atoms with Crippen molar-refractivity contribution in [3.05, 3.63) is 33.6 Å². The standard InChI is InChI=1S/C10H13ClFN/c1-5-4-8(12)10(11)9(6(5)2)7(3)13/h4,7H,13H2,1-3H3. The van der Waals surface area contributed by atoms with Gasteiger partial charge in [0, 0.05) is 6.04 Å². The normalized spacial score (nSPS) is 13.1. The third-order valence-electron chi connectivity index (χ3n) is 2.24. The molecule has 3 heteroatoms.